The zero-order valence-corrected chi connectivity index (χ0v) is 12.3. The van der Waals surface area contributed by atoms with E-state index in [1.54, 1.807) is 22.6 Å². The number of pyridine rings is 1. The molecule has 0 unspecified atom stereocenters. The zero-order chi connectivity index (χ0) is 13.9. The Morgan fingerprint density at radius 3 is 2.61 bits per heavy atom. The Morgan fingerprint density at radius 2 is 2.17 bits per heavy atom. The number of aromatic nitrogens is 1. The largest absolute Gasteiger partial charge is 0.574 e. The van der Waals surface area contributed by atoms with Gasteiger partial charge < -0.3 is 9.84 Å². The van der Waals surface area contributed by atoms with E-state index in [9.17, 15) is 18.0 Å². The molecule has 0 aliphatic heterocycles. The molecule has 0 aromatic carbocycles. The SMILES string of the molecule is O=C(O)Cc1c(CBr)cc(OC(F)(F)F)nc1I. The number of carboxylic acid groups (broad SMARTS) is 1. The van der Waals surface area contributed by atoms with Gasteiger partial charge in [0, 0.05) is 11.4 Å². The van der Waals surface area contributed by atoms with Crippen LogP contribution in [-0.4, -0.2) is 22.4 Å². The van der Waals surface area contributed by atoms with Crippen LogP contribution < -0.4 is 4.74 Å². The third-order valence-corrected chi connectivity index (χ3v) is 3.33. The number of nitrogens with zero attached hydrogens (tertiary/aromatic N) is 1. The lowest BCUT2D eigenvalue weighted by Crippen LogP contribution is -2.19. The van der Waals surface area contributed by atoms with Gasteiger partial charge >= 0.3 is 12.3 Å². The van der Waals surface area contributed by atoms with Gasteiger partial charge in [-0.15, -0.1) is 13.2 Å². The second kappa shape index (κ2) is 6.04. The monoisotopic (exact) mass is 439 g/mol. The van der Waals surface area contributed by atoms with Crippen LogP contribution in [0.2, 0.25) is 0 Å². The highest BCUT2D eigenvalue weighted by Gasteiger charge is 2.32. The van der Waals surface area contributed by atoms with Crippen LogP contribution in [0, 0.1) is 3.70 Å². The molecule has 0 spiro atoms. The predicted octanol–water partition coefficient (Wildman–Crippen LogP) is 3.11. The third kappa shape index (κ3) is 4.59. The second-order valence-corrected chi connectivity index (χ2v) is 4.72. The van der Waals surface area contributed by atoms with Crippen LogP contribution in [0.3, 0.4) is 0 Å². The summed E-state index contributed by atoms with van der Waals surface area (Å²) in [5.74, 6) is -1.68. The Hall–Kier alpha value is -0.580. The van der Waals surface area contributed by atoms with Gasteiger partial charge in [-0.1, -0.05) is 15.9 Å². The molecule has 0 atom stereocenters. The molecule has 0 bridgehead atoms. The Balaban J connectivity index is 3.14. The lowest BCUT2D eigenvalue weighted by atomic mass is 10.1. The maximum atomic E-state index is 12.0. The van der Waals surface area contributed by atoms with Crippen molar-refractivity contribution in [3.05, 3.63) is 20.9 Å². The van der Waals surface area contributed by atoms with Crippen molar-refractivity contribution in [3.63, 3.8) is 0 Å². The molecule has 0 aliphatic carbocycles. The molecule has 0 amide bonds. The summed E-state index contributed by atoms with van der Waals surface area (Å²) in [6, 6.07) is 1.07. The van der Waals surface area contributed by atoms with Crippen LogP contribution >= 0.6 is 38.5 Å². The van der Waals surface area contributed by atoms with E-state index in [1.807, 2.05) is 0 Å². The van der Waals surface area contributed by atoms with Crippen LogP contribution in [0.4, 0.5) is 13.2 Å². The number of halogens is 5. The number of ether oxygens (including phenoxy) is 1. The van der Waals surface area contributed by atoms with E-state index in [4.69, 9.17) is 5.11 Å². The van der Waals surface area contributed by atoms with Gasteiger partial charge in [0.2, 0.25) is 5.88 Å². The Morgan fingerprint density at radius 1 is 1.56 bits per heavy atom. The second-order valence-electron chi connectivity index (χ2n) is 3.14. The van der Waals surface area contributed by atoms with Gasteiger partial charge in [-0.2, -0.15) is 0 Å². The summed E-state index contributed by atoms with van der Waals surface area (Å²) in [4.78, 5) is 14.2. The number of hydrogen-bond donors (Lipinski definition) is 1. The minimum absolute atomic E-state index is 0.172. The van der Waals surface area contributed by atoms with E-state index < -0.39 is 18.2 Å². The Bertz CT molecular complexity index is 467. The molecule has 0 radical (unpaired) electrons. The van der Waals surface area contributed by atoms with E-state index in [0.29, 0.717) is 11.1 Å². The van der Waals surface area contributed by atoms with Crippen molar-refractivity contribution in [2.45, 2.75) is 18.1 Å². The number of carboxylic acids is 1. The van der Waals surface area contributed by atoms with Crippen molar-refractivity contribution in [1.29, 1.82) is 0 Å². The van der Waals surface area contributed by atoms with Gasteiger partial charge in [-0.25, -0.2) is 4.98 Å². The summed E-state index contributed by atoms with van der Waals surface area (Å²) in [7, 11) is 0. The van der Waals surface area contributed by atoms with Gasteiger partial charge in [0.15, 0.2) is 0 Å². The third-order valence-electron chi connectivity index (χ3n) is 1.83. The topological polar surface area (TPSA) is 59.4 Å². The number of carbonyl (C=O) groups is 1. The lowest BCUT2D eigenvalue weighted by molar-refractivity contribution is -0.276. The molecular weight excluding hydrogens is 434 g/mol. The number of hydrogen-bond acceptors (Lipinski definition) is 3. The van der Waals surface area contributed by atoms with E-state index in [2.05, 4.69) is 25.7 Å². The molecule has 1 N–H and O–H groups in total. The highest BCUT2D eigenvalue weighted by molar-refractivity contribution is 14.1. The summed E-state index contributed by atoms with van der Waals surface area (Å²) in [5.41, 5.74) is 0.769. The van der Waals surface area contributed by atoms with Crippen LogP contribution in [0.15, 0.2) is 6.07 Å². The Kier molecular flexibility index (Phi) is 5.20. The van der Waals surface area contributed by atoms with E-state index >= 15 is 0 Å². The first-order chi connectivity index (χ1) is 8.23. The smallest absolute Gasteiger partial charge is 0.481 e. The summed E-state index contributed by atoms with van der Waals surface area (Å²) >= 11 is 4.76. The summed E-state index contributed by atoms with van der Waals surface area (Å²) < 4.78 is 40.0. The normalized spacial score (nSPS) is 11.4. The lowest BCUT2D eigenvalue weighted by Gasteiger charge is -2.12. The minimum Gasteiger partial charge on any atom is -0.481 e. The summed E-state index contributed by atoms with van der Waals surface area (Å²) in [5, 5.41) is 8.92. The molecule has 0 saturated carbocycles. The van der Waals surface area contributed by atoms with Crippen LogP contribution in [0.25, 0.3) is 0 Å². The molecule has 1 aromatic rings. The fourth-order valence-corrected chi connectivity index (χ4v) is 2.47. The van der Waals surface area contributed by atoms with Crippen molar-refractivity contribution >= 4 is 44.5 Å². The van der Waals surface area contributed by atoms with Gasteiger partial charge in [0.1, 0.15) is 3.70 Å². The molecule has 9 heteroatoms. The molecule has 0 aliphatic rings. The van der Waals surface area contributed by atoms with Crippen LogP contribution in [-0.2, 0) is 16.5 Å². The first kappa shape index (κ1) is 15.5. The molecule has 0 saturated heterocycles. The van der Waals surface area contributed by atoms with Crippen molar-refractivity contribution < 1.29 is 27.8 Å². The van der Waals surface area contributed by atoms with Gasteiger partial charge in [-0.05, 0) is 33.7 Å². The molecule has 100 valence electrons. The molecule has 1 rings (SSSR count). The quantitative estimate of drug-likeness (QED) is 0.445. The van der Waals surface area contributed by atoms with Crippen LogP contribution in [0.1, 0.15) is 11.1 Å². The van der Waals surface area contributed by atoms with Crippen molar-refractivity contribution in [1.82, 2.24) is 4.98 Å². The van der Waals surface area contributed by atoms with Crippen molar-refractivity contribution in [2.24, 2.45) is 0 Å². The van der Waals surface area contributed by atoms with E-state index in [1.165, 1.54) is 0 Å². The fourth-order valence-electron chi connectivity index (χ4n) is 1.19. The van der Waals surface area contributed by atoms with Gasteiger partial charge in [0.25, 0.3) is 0 Å². The van der Waals surface area contributed by atoms with Gasteiger partial charge in [0.05, 0.1) is 6.42 Å². The highest BCUT2D eigenvalue weighted by atomic mass is 127. The highest BCUT2D eigenvalue weighted by Crippen LogP contribution is 2.27. The zero-order valence-electron chi connectivity index (χ0n) is 8.59. The average Bonchev–Trinajstić information content (AvgIpc) is 2.18. The molecule has 18 heavy (non-hydrogen) atoms. The Labute approximate surface area is 122 Å². The van der Waals surface area contributed by atoms with Crippen LogP contribution in [0.5, 0.6) is 5.88 Å². The molecular formula is C9H6BrF3INO3. The maximum Gasteiger partial charge on any atom is 0.574 e. The number of alkyl halides is 4. The van der Waals surface area contributed by atoms with Gasteiger partial charge in [-0.3, -0.25) is 4.79 Å². The summed E-state index contributed by atoms with van der Waals surface area (Å²) in [6.45, 7) is 0. The number of aliphatic carboxylic acids is 1. The predicted molar refractivity (Wildman–Crippen MR) is 67.6 cm³/mol. The van der Waals surface area contributed by atoms with Crippen molar-refractivity contribution in [2.75, 3.05) is 0 Å². The minimum atomic E-state index is -4.83. The standard InChI is InChI=1S/C9H6BrF3INO3/c10-3-4-1-6(18-9(11,12)13)15-8(14)5(4)2-7(16)17/h1H,2-3H2,(H,16,17). The van der Waals surface area contributed by atoms with Crippen molar-refractivity contribution in [3.8, 4) is 5.88 Å². The fraction of sp³-hybridized carbons (Fsp3) is 0.333. The maximum absolute atomic E-state index is 12.0. The molecule has 0 fully saturated rings. The first-order valence-corrected chi connectivity index (χ1v) is 6.64. The first-order valence-electron chi connectivity index (χ1n) is 4.44. The summed E-state index contributed by atoms with van der Waals surface area (Å²) in [6.07, 6.45) is -5.13. The molecule has 1 aromatic heterocycles. The van der Waals surface area contributed by atoms with E-state index in [-0.39, 0.29) is 15.5 Å². The van der Waals surface area contributed by atoms with E-state index in [0.717, 1.165) is 6.07 Å². The average molecular weight is 440 g/mol. The molecule has 1 heterocycles. The number of rotatable bonds is 4. The molecule has 4 nitrogen and oxygen atoms in total.